The van der Waals surface area contributed by atoms with Gasteiger partial charge >= 0.3 is 0 Å². The lowest BCUT2D eigenvalue weighted by Gasteiger charge is -2.08. The Morgan fingerprint density at radius 1 is 1.28 bits per heavy atom. The van der Waals surface area contributed by atoms with Crippen LogP contribution in [0.4, 0.5) is 10.3 Å². The van der Waals surface area contributed by atoms with Crippen LogP contribution >= 0.6 is 11.6 Å². The highest BCUT2D eigenvalue weighted by Crippen LogP contribution is 2.27. The summed E-state index contributed by atoms with van der Waals surface area (Å²) in [5.41, 5.74) is 7.89. The largest absolute Gasteiger partial charge is 0.369 e. The first kappa shape index (κ1) is 11.0. The number of fused-ring (bicyclic) bond motifs is 1. The van der Waals surface area contributed by atoms with Crippen LogP contribution in [-0.2, 0) is 0 Å². The Balaban J connectivity index is 2.34. The molecule has 0 aliphatic carbocycles. The average Bonchev–Trinajstić information content (AvgIpc) is 2.66. The lowest BCUT2D eigenvalue weighted by atomic mass is 10.3. The molecule has 90 valence electrons. The number of benzene rings is 1. The van der Waals surface area contributed by atoms with E-state index in [9.17, 15) is 4.39 Å². The van der Waals surface area contributed by atoms with Crippen molar-refractivity contribution in [3.63, 3.8) is 0 Å². The second-order valence-corrected chi connectivity index (χ2v) is 4.17. The summed E-state index contributed by atoms with van der Waals surface area (Å²) in [7, 11) is 0. The van der Waals surface area contributed by atoms with E-state index >= 15 is 0 Å². The molecule has 3 rings (SSSR count). The van der Waals surface area contributed by atoms with Gasteiger partial charge < -0.3 is 5.73 Å². The van der Waals surface area contributed by atoms with Crippen molar-refractivity contribution in [2.24, 2.45) is 0 Å². The average molecular weight is 263 g/mol. The maximum Gasteiger partial charge on any atom is 0.206 e. The number of anilines is 1. The van der Waals surface area contributed by atoms with Crippen molar-refractivity contribution in [2.45, 2.75) is 0 Å². The standard InChI is InChI=1S/C12H8ClFN4/c13-8-5-7(14)1-2-10(8)18-11-3-4-16-6-9(11)17-12(18)15/h1-6H,(H2,15,17). The van der Waals surface area contributed by atoms with E-state index in [-0.39, 0.29) is 11.0 Å². The minimum Gasteiger partial charge on any atom is -0.369 e. The minimum atomic E-state index is -0.395. The Labute approximate surface area is 107 Å². The van der Waals surface area contributed by atoms with Crippen LogP contribution in [-0.4, -0.2) is 14.5 Å². The van der Waals surface area contributed by atoms with E-state index in [0.29, 0.717) is 11.2 Å². The number of hydrogen-bond acceptors (Lipinski definition) is 3. The Hall–Kier alpha value is -2.14. The second-order valence-electron chi connectivity index (χ2n) is 3.77. The summed E-state index contributed by atoms with van der Waals surface area (Å²) in [6.45, 7) is 0. The van der Waals surface area contributed by atoms with Crippen molar-refractivity contribution in [2.75, 3.05) is 5.73 Å². The van der Waals surface area contributed by atoms with Gasteiger partial charge in [0.1, 0.15) is 11.3 Å². The highest BCUT2D eigenvalue weighted by molar-refractivity contribution is 6.32. The van der Waals surface area contributed by atoms with Gasteiger partial charge in [0.2, 0.25) is 5.95 Å². The summed E-state index contributed by atoms with van der Waals surface area (Å²) >= 11 is 6.03. The number of halogens is 2. The van der Waals surface area contributed by atoms with Gasteiger partial charge in [0.15, 0.2) is 0 Å². The summed E-state index contributed by atoms with van der Waals surface area (Å²) in [5, 5.41) is 0.276. The van der Waals surface area contributed by atoms with Crippen LogP contribution in [0.1, 0.15) is 0 Å². The van der Waals surface area contributed by atoms with Gasteiger partial charge in [0, 0.05) is 6.20 Å². The third-order valence-electron chi connectivity index (χ3n) is 2.63. The van der Waals surface area contributed by atoms with Gasteiger partial charge in [-0.15, -0.1) is 0 Å². The van der Waals surface area contributed by atoms with Crippen molar-refractivity contribution in [3.8, 4) is 5.69 Å². The van der Waals surface area contributed by atoms with Gasteiger partial charge in [-0.25, -0.2) is 9.37 Å². The molecule has 0 aliphatic heterocycles. The number of aromatic nitrogens is 3. The molecule has 3 aromatic rings. The van der Waals surface area contributed by atoms with Gasteiger partial charge in [-0.05, 0) is 24.3 Å². The van der Waals surface area contributed by atoms with Crippen LogP contribution in [0.5, 0.6) is 0 Å². The molecule has 0 atom stereocenters. The lowest BCUT2D eigenvalue weighted by molar-refractivity contribution is 0.627. The van der Waals surface area contributed by atoms with Crippen LogP contribution in [0.15, 0.2) is 36.7 Å². The molecule has 0 spiro atoms. The van der Waals surface area contributed by atoms with E-state index in [1.54, 1.807) is 29.1 Å². The van der Waals surface area contributed by atoms with E-state index in [4.69, 9.17) is 17.3 Å². The number of hydrogen-bond donors (Lipinski definition) is 1. The van der Waals surface area contributed by atoms with Crippen molar-refractivity contribution in [1.82, 2.24) is 14.5 Å². The molecule has 0 bridgehead atoms. The molecule has 0 unspecified atom stereocenters. The molecule has 0 amide bonds. The number of nitrogen functional groups attached to an aromatic ring is 1. The predicted octanol–water partition coefficient (Wildman–Crippen LogP) is 2.80. The highest BCUT2D eigenvalue weighted by atomic mass is 35.5. The predicted molar refractivity (Wildman–Crippen MR) is 68.2 cm³/mol. The van der Waals surface area contributed by atoms with Gasteiger partial charge in [-0.2, -0.15) is 0 Å². The molecule has 0 saturated heterocycles. The van der Waals surface area contributed by atoms with E-state index < -0.39 is 5.82 Å². The van der Waals surface area contributed by atoms with Crippen LogP contribution in [0.2, 0.25) is 5.02 Å². The molecule has 0 fully saturated rings. The Bertz CT molecular complexity index is 738. The zero-order valence-electron chi connectivity index (χ0n) is 9.14. The fourth-order valence-corrected chi connectivity index (χ4v) is 2.12. The first-order chi connectivity index (χ1) is 8.66. The number of imidazole rings is 1. The zero-order valence-corrected chi connectivity index (χ0v) is 9.89. The maximum atomic E-state index is 13.1. The lowest BCUT2D eigenvalue weighted by Crippen LogP contribution is -2.01. The van der Waals surface area contributed by atoms with Gasteiger partial charge in [-0.3, -0.25) is 9.55 Å². The molecule has 4 nitrogen and oxygen atoms in total. The van der Waals surface area contributed by atoms with Gasteiger partial charge in [-0.1, -0.05) is 11.6 Å². The topological polar surface area (TPSA) is 56.7 Å². The van der Waals surface area contributed by atoms with E-state index in [0.717, 1.165) is 5.52 Å². The molecular formula is C12H8ClFN4. The molecule has 2 N–H and O–H groups in total. The van der Waals surface area contributed by atoms with E-state index in [1.807, 2.05) is 0 Å². The monoisotopic (exact) mass is 262 g/mol. The number of rotatable bonds is 1. The fourth-order valence-electron chi connectivity index (χ4n) is 1.87. The molecular weight excluding hydrogens is 255 g/mol. The number of nitrogens with two attached hydrogens (primary N) is 1. The molecule has 2 heterocycles. The Morgan fingerprint density at radius 3 is 2.89 bits per heavy atom. The van der Waals surface area contributed by atoms with Crippen molar-refractivity contribution in [3.05, 3.63) is 47.5 Å². The van der Waals surface area contributed by atoms with Crippen LogP contribution < -0.4 is 5.73 Å². The quantitative estimate of drug-likeness (QED) is 0.734. The van der Waals surface area contributed by atoms with E-state index in [2.05, 4.69) is 9.97 Å². The van der Waals surface area contributed by atoms with Gasteiger partial charge in [0.25, 0.3) is 0 Å². The first-order valence-corrected chi connectivity index (χ1v) is 5.58. The van der Waals surface area contributed by atoms with Crippen molar-refractivity contribution >= 4 is 28.6 Å². The van der Waals surface area contributed by atoms with Crippen LogP contribution in [0.3, 0.4) is 0 Å². The molecule has 0 aliphatic rings. The SMILES string of the molecule is Nc1nc2cnccc2n1-c1ccc(F)cc1Cl. The smallest absolute Gasteiger partial charge is 0.206 e. The molecule has 1 aromatic carbocycles. The second kappa shape index (κ2) is 3.96. The van der Waals surface area contributed by atoms with E-state index in [1.165, 1.54) is 12.1 Å². The molecule has 0 saturated carbocycles. The van der Waals surface area contributed by atoms with Crippen LogP contribution in [0, 0.1) is 5.82 Å². The summed E-state index contributed by atoms with van der Waals surface area (Å²) in [6.07, 6.45) is 3.25. The molecule has 6 heteroatoms. The molecule has 18 heavy (non-hydrogen) atoms. The maximum absolute atomic E-state index is 13.1. The third kappa shape index (κ3) is 1.60. The molecule has 2 aromatic heterocycles. The summed E-state index contributed by atoms with van der Waals surface area (Å²) in [4.78, 5) is 8.15. The van der Waals surface area contributed by atoms with Crippen molar-refractivity contribution in [1.29, 1.82) is 0 Å². The number of nitrogens with zero attached hydrogens (tertiary/aromatic N) is 3. The molecule has 0 radical (unpaired) electrons. The zero-order chi connectivity index (χ0) is 12.7. The van der Waals surface area contributed by atoms with Crippen LogP contribution in [0.25, 0.3) is 16.7 Å². The van der Waals surface area contributed by atoms with Crippen molar-refractivity contribution < 1.29 is 4.39 Å². The highest BCUT2D eigenvalue weighted by Gasteiger charge is 2.12. The number of pyridine rings is 1. The third-order valence-corrected chi connectivity index (χ3v) is 2.94. The summed E-state index contributed by atoms with van der Waals surface area (Å²) in [6, 6.07) is 5.91. The fraction of sp³-hybridized carbons (Fsp3) is 0. The summed E-state index contributed by atoms with van der Waals surface area (Å²) < 4.78 is 14.7. The Kier molecular flexibility index (Phi) is 2.41. The normalized spacial score (nSPS) is 11.0. The van der Waals surface area contributed by atoms with Gasteiger partial charge in [0.05, 0.1) is 22.4 Å². The first-order valence-electron chi connectivity index (χ1n) is 5.20. The Morgan fingerprint density at radius 2 is 2.11 bits per heavy atom. The summed E-state index contributed by atoms with van der Waals surface area (Å²) in [5.74, 6) is -0.111. The minimum absolute atomic E-state index is 0.276.